The maximum absolute atomic E-state index is 13.8. The van der Waals surface area contributed by atoms with Crippen LogP contribution in [0, 0.1) is 0 Å². The topological polar surface area (TPSA) is 96.2 Å². The molecule has 2 aromatic rings. The number of morpholine rings is 1. The fourth-order valence-corrected chi connectivity index (χ4v) is 4.93. The number of nitrogens with zero attached hydrogens (tertiary/aromatic N) is 3. The number of anilines is 3. The number of amides is 3. The van der Waals surface area contributed by atoms with E-state index in [9.17, 15) is 27.6 Å². The van der Waals surface area contributed by atoms with Gasteiger partial charge in [0.1, 0.15) is 0 Å². The molecule has 192 valence electrons. The van der Waals surface area contributed by atoms with Gasteiger partial charge in [0, 0.05) is 48.7 Å². The SMILES string of the molecule is CC(=O)N1c2ccc(C(N)=O)cc2[C@H](N(C(=O)C(F)(F)F)c2ccc(N3CCOCC3)cc2)C[C@@H]1C. The number of rotatable bonds is 4. The lowest BCUT2D eigenvalue weighted by Gasteiger charge is -2.43. The number of primary amides is 1. The Bertz CT molecular complexity index is 1160. The first-order chi connectivity index (χ1) is 17.0. The molecule has 1 fully saturated rings. The number of halogens is 3. The second-order valence-corrected chi connectivity index (χ2v) is 8.92. The van der Waals surface area contributed by atoms with Crippen LogP contribution in [0.2, 0.25) is 0 Å². The molecular formula is C25H27F3N4O4. The Morgan fingerprint density at radius 1 is 1.06 bits per heavy atom. The van der Waals surface area contributed by atoms with Crippen molar-refractivity contribution in [3.63, 3.8) is 0 Å². The van der Waals surface area contributed by atoms with Crippen molar-refractivity contribution in [2.24, 2.45) is 5.73 Å². The van der Waals surface area contributed by atoms with Gasteiger partial charge in [-0.15, -0.1) is 0 Å². The molecule has 2 N–H and O–H groups in total. The van der Waals surface area contributed by atoms with Gasteiger partial charge in [-0.3, -0.25) is 19.3 Å². The summed E-state index contributed by atoms with van der Waals surface area (Å²) >= 11 is 0. The molecule has 1 saturated heterocycles. The van der Waals surface area contributed by atoms with E-state index in [-0.39, 0.29) is 29.1 Å². The van der Waals surface area contributed by atoms with Crippen LogP contribution < -0.4 is 20.4 Å². The van der Waals surface area contributed by atoms with Crippen molar-refractivity contribution < 1.29 is 32.3 Å². The second-order valence-electron chi connectivity index (χ2n) is 8.92. The van der Waals surface area contributed by atoms with E-state index < -0.39 is 30.1 Å². The standard InChI is InChI=1S/C25H27F3N4O4/c1-15-13-22(20-14-17(23(29)34)3-8-21(20)31(15)16(2)33)32(24(35)25(26,27)28)19-6-4-18(5-7-19)30-9-11-36-12-10-30/h3-8,14-15,22H,9-13H2,1-2H3,(H2,29,34)/t15-,22+/m0/s1. The van der Waals surface area contributed by atoms with Crippen LogP contribution in [0.25, 0.3) is 0 Å². The Morgan fingerprint density at radius 2 is 1.69 bits per heavy atom. The Balaban J connectivity index is 1.82. The lowest BCUT2D eigenvalue weighted by molar-refractivity contribution is -0.171. The molecule has 0 spiro atoms. The van der Waals surface area contributed by atoms with Crippen LogP contribution in [0.15, 0.2) is 42.5 Å². The molecule has 2 aromatic carbocycles. The summed E-state index contributed by atoms with van der Waals surface area (Å²) in [5.41, 5.74) is 6.93. The van der Waals surface area contributed by atoms with Crippen LogP contribution in [0.1, 0.15) is 42.2 Å². The quantitative estimate of drug-likeness (QED) is 0.689. The summed E-state index contributed by atoms with van der Waals surface area (Å²) in [7, 11) is 0. The van der Waals surface area contributed by atoms with Gasteiger partial charge in [-0.05, 0) is 61.4 Å². The number of fused-ring (bicyclic) bond motifs is 1. The average Bonchev–Trinajstić information content (AvgIpc) is 2.84. The molecule has 2 heterocycles. The first kappa shape index (κ1) is 25.5. The summed E-state index contributed by atoms with van der Waals surface area (Å²) in [4.78, 5) is 41.3. The van der Waals surface area contributed by atoms with Crippen LogP contribution in [-0.4, -0.2) is 56.2 Å². The van der Waals surface area contributed by atoms with Crippen molar-refractivity contribution in [3.8, 4) is 0 Å². The van der Waals surface area contributed by atoms with Crippen molar-refractivity contribution in [2.75, 3.05) is 41.0 Å². The third-order valence-corrected chi connectivity index (χ3v) is 6.55. The fourth-order valence-electron chi connectivity index (χ4n) is 4.93. The molecule has 0 bridgehead atoms. The van der Waals surface area contributed by atoms with Crippen LogP contribution in [0.5, 0.6) is 0 Å². The van der Waals surface area contributed by atoms with Gasteiger partial charge in [0.25, 0.3) is 0 Å². The van der Waals surface area contributed by atoms with E-state index in [0.717, 1.165) is 5.69 Å². The zero-order chi connectivity index (χ0) is 26.2. The van der Waals surface area contributed by atoms with Gasteiger partial charge in [0.2, 0.25) is 11.8 Å². The van der Waals surface area contributed by atoms with Crippen molar-refractivity contribution in [1.82, 2.24) is 0 Å². The largest absolute Gasteiger partial charge is 0.471 e. The number of hydrogen-bond acceptors (Lipinski definition) is 5. The van der Waals surface area contributed by atoms with Gasteiger partial charge in [0.15, 0.2) is 0 Å². The van der Waals surface area contributed by atoms with Gasteiger partial charge in [-0.25, -0.2) is 0 Å². The van der Waals surface area contributed by atoms with Gasteiger partial charge in [-0.1, -0.05) is 0 Å². The maximum Gasteiger partial charge on any atom is 0.471 e. The number of carbonyl (C=O) groups excluding carboxylic acids is 3. The van der Waals surface area contributed by atoms with Crippen molar-refractivity contribution in [2.45, 2.75) is 38.5 Å². The highest BCUT2D eigenvalue weighted by Crippen LogP contribution is 2.44. The summed E-state index contributed by atoms with van der Waals surface area (Å²) in [6.07, 6.45) is -5.12. The number of alkyl halides is 3. The molecule has 2 aliphatic heterocycles. The highest BCUT2D eigenvalue weighted by molar-refractivity contribution is 6.01. The number of carbonyl (C=O) groups is 3. The van der Waals surface area contributed by atoms with Crippen LogP contribution >= 0.6 is 0 Å². The van der Waals surface area contributed by atoms with Gasteiger partial charge in [-0.2, -0.15) is 13.2 Å². The average molecular weight is 505 g/mol. The molecule has 36 heavy (non-hydrogen) atoms. The summed E-state index contributed by atoms with van der Waals surface area (Å²) in [6.45, 7) is 5.45. The number of benzene rings is 2. The van der Waals surface area contributed by atoms with E-state index in [1.54, 1.807) is 19.1 Å². The van der Waals surface area contributed by atoms with Gasteiger partial charge >= 0.3 is 12.1 Å². The molecule has 2 atom stereocenters. The predicted octanol–water partition coefficient (Wildman–Crippen LogP) is 3.40. The Morgan fingerprint density at radius 3 is 2.25 bits per heavy atom. The van der Waals surface area contributed by atoms with E-state index in [4.69, 9.17) is 10.5 Å². The molecule has 0 unspecified atom stereocenters. The highest BCUT2D eigenvalue weighted by Gasteiger charge is 2.48. The summed E-state index contributed by atoms with van der Waals surface area (Å²) in [5, 5.41) is 0. The molecule has 0 aromatic heterocycles. The molecule has 0 aliphatic carbocycles. The molecule has 4 rings (SSSR count). The Hall–Kier alpha value is -3.60. The van der Waals surface area contributed by atoms with E-state index in [0.29, 0.717) is 36.9 Å². The molecule has 0 radical (unpaired) electrons. The highest BCUT2D eigenvalue weighted by atomic mass is 19.4. The minimum atomic E-state index is -5.15. The van der Waals surface area contributed by atoms with Crippen molar-refractivity contribution in [1.29, 1.82) is 0 Å². The third-order valence-electron chi connectivity index (χ3n) is 6.55. The Kier molecular flexibility index (Phi) is 6.94. The van der Waals surface area contributed by atoms with Crippen molar-refractivity contribution in [3.05, 3.63) is 53.6 Å². The van der Waals surface area contributed by atoms with Gasteiger partial charge in [0.05, 0.1) is 19.3 Å². The molecule has 3 amide bonds. The number of hydrogen-bond donors (Lipinski definition) is 1. The lowest BCUT2D eigenvalue weighted by Crippen LogP contribution is -2.50. The smallest absolute Gasteiger partial charge is 0.378 e. The van der Waals surface area contributed by atoms with Crippen LogP contribution in [-0.2, 0) is 14.3 Å². The molecule has 8 nitrogen and oxygen atoms in total. The van der Waals surface area contributed by atoms with E-state index in [1.165, 1.54) is 42.2 Å². The number of ether oxygens (including phenoxy) is 1. The normalized spacial score (nSPS) is 20.0. The van der Waals surface area contributed by atoms with E-state index >= 15 is 0 Å². The van der Waals surface area contributed by atoms with E-state index in [1.807, 2.05) is 4.90 Å². The lowest BCUT2D eigenvalue weighted by atomic mass is 9.88. The minimum Gasteiger partial charge on any atom is -0.378 e. The zero-order valence-electron chi connectivity index (χ0n) is 19.9. The molecular weight excluding hydrogens is 477 g/mol. The van der Waals surface area contributed by atoms with Gasteiger partial charge < -0.3 is 20.3 Å². The summed E-state index contributed by atoms with van der Waals surface area (Å²) in [5.74, 6) is -3.11. The maximum atomic E-state index is 13.8. The first-order valence-electron chi connectivity index (χ1n) is 11.6. The monoisotopic (exact) mass is 504 g/mol. The summed E-state index contributed by atoms with van der Waals surface area (Å²) < 4.78 is 46.9. The van der Waals surface area contributed by atoms with Crippen LogP contribution in [0.4, 0.5) is 30.2 Å². The fraction of sp³-hybridized carbons (Fsp3) is 0.400. The third kappa shape index (κ3) is 4.88. The second kappa shape index (κ2) is 9.81. The molecule has 11 heteroatoms. The Labute approximate surface area is 206 Å². The minimum absolute atomic E-state index is 0.0296. The predicted molar refractivity (Wildman–Crippen MR) is 128 cm³/mol. The van der Waals surface area contributed by atoms with Crippen molar-refractivity contribution >= 4 is 34.8 Å². The molecule has 0 saturated carbocycles. The molecule has 2 aliphatic rings. The summed E-state index contributed by atoms with van der Waals surface area (Å²) in [6, 6.07) is 8.98. The van der Waals surface area contributed by atoms with E-state index in [2.05, 4.69) is 0 Å². The zero-order valence-corrected chi connectivity index (χ0v) is 19.9. The number of nitrogens with two attached hydrogens (primary N) is 1. The van der Waals surface area contributed by atoms with Crippen LogP contribution in [0.3, 0.4) is 0 Å². The first-order valence-corrected chi connectivity index (χ1v) is 11.6.